The van der Waals surface area contributed by atoms with Crippen molar-refractivity contribution in [1.82, 2.24) is 29.0 Å². The van der Waals surface area contributed by atoms with Crippen molar-refractivity contribution in [3.05, 3.63) is 35.9 Å². The molecule has 0 N–H and O–H groups in total. The average Bonchev–Trinajstić information content (AvgIpc) is 3.21. The van der Waals surface area contributed by atoms with E-state index >= 15 is 0 Å². The first kappa shape index (κ1) is 19.2. The molecule has 0 unspecified atom stereocenters. The number of hydrogen-bond donors (Lipinski definition) is 0. The van der Waals surface area contributed by atoms with E-state index in [-0.39, 0.29) is 12.2 Å². The second kappa shape index (κ2) is 6.46. The summed E-state index contributed by atoms with van der Waals surface area (Å²) in [5.41, 5.74) is -0.672. The molecule has 29 heavy (non-hydrogen) atoms. The number of rotatable bonds is 1. The van der Waals surface area contributed by atoms with Crippen molar-refractivity contribution < 1.29 is 22.7 Å². The minimum Gasteiger partial charge on any atom is -0.444 e. The average molecular weight is 408 g/mol. The number of alkyl halides is 3. The molecule has 11 heteroatoms. The lowest BCUT2D eigenvalue weighted by atomic mass is 10.2. The van der Waals surface area contributed by atoms with Gasteiger partial charge in [0.1, 0.15) is 16.9 Å². The van der Waals surface area contributed by atoms with Crippen LogP contribution in [-0.2, 0) is 24.0 Å². The van der Waals surface area contributed by atoms with Crippen molar-refractivity contribution >= 4 is 11.7 Å². The van der Waals surface area contributed by atoms with Crippen LogP contribution in [0.3, 0.4) is 0 Å². The van der Waals surface area contributed by atoms with Gasteiger partial charge in [-0.15, -0.1) is 10.2 Å². The lowest BCUT2D eigenvalue weighted by Gasteiger charge is -2.30. The Morgan fingerprint density at radius 1 is 1.17 bits per heavy atom. The molecule has 0 radical (unpaired) electrons. The number of carbonyl (C=O) groups is 1. The van der Waals surface area contributed by atoms with Crippen molar-refractivity contribution in [2.45, 2.75) is 45.6 Å². The Morgan fingerprint density at radius 2 is 1.93 bits per heavy atom. The van der Waals surface area contributed by atoms with Crippen molar-refractivity contribution in [2.75, 3.05) is 6.54 Å². The maximum absolute atomic E-state index is 12.9. The van der Waals surface area contributed by atoms with E-state index in [1.807, 2.05) is 4.57 Å². The van der Waals surface area contributed by atoms with E-state index < -0.39 is 23.4 Å². The third-order valence-corrected chi connectivity index (χ3v) is 4.47. The monoisotopic (exact) mass is 408 g/mol. The molecule has 8 nitrogen and oxygen atoms in total. The van der Waals surface area contributed by atoms with Crippen molar-refractivity contribution in [2.24, 2.45) is 0 Å². The fraction of sp³-hybridized carbons (Fsp3) is 0.444. The SMILES string of the molecule is CC(C)(C)OC(=O)N1CCn2c(nnc2-c2cnc3cc(C(F)(F)F)ccn23)C1. The highest BCUT2D eigenvalue weighted by Gasteiger charge is 2.32. The predicted octanol–water partition coefficient (Wildman–Crippen LogP) is 3.36. The van der Waals surface area contributed by atoms with Crippen LogP contribution < -0.4 is 0 Å². The smallest absolute Gasteiger partial charge is 0.416 e. The molecule has 0 saturated heterocycles. The molecule has 3 aromatic heterocycles. The molecule has 4 heterocycles. The van der Waals surface area contributed by atoms with Gasteiger partial charge in [-0.05, 0) is 32.9 Å². The van der Waals surface area contributed by atoms with Crippen LogP contribution in [-0.4, -0.2) is 47.3 Å². The first-order chi connectivity index (χ1) is 13.5. The summed E-state index contributed by atoms with van der Waals surface area (Å²) in [7, 11) is 0. The molecule has 0 atom stereocenters. The van der Waals surface area contributed by atoms with Crippen LogP contribution in [0.4, 0.5) is 18.0 Å². The molecule has 1 aliphatic rings. The van der Waals surface area contributed by atoms with Crippen molar-refractivity contribution in [1.29, 1.82) is 0 Å². The molecule has 154 valence electrons. The van der Waals surface area contributed by atoms with Gasteiger partial charge in [-0.25, -0.2) is 9.78 Å². The largest absolute Gasteiger partial charge is 0.444 e. The van der Waals surface area contributed by atoms with Crippen molar-refractivity contribution in [3.63, 3.8) is 0 Å². The van der Waals surface area contributed by atoms with Gasteiger partial charge in [-0.2, -0.15) is 13.2 Å². The Kier molecular flexibility index (Phi) is 4.28. The van der Waals surface area contributed by atoms with Gasteiger partial charge in [0, 0.05) is 19.3 Å². The van der Waals surface area contributed by atoms with Crippen LogP contribution in [0.15, 0.2) is 24.5 Å². The highest BCUT2D eigenvalue weighted by molar-refractivity contribution is 5.68. The number of carbonyl (C=O) groups excluding carboxylic acids is 1. The summed E-state index contributed by atoms with van der Waals surface area (Å²) in [5.74, 6) is 1.05. The highest BCUT2D eigenvalue weighted by Crippen LogP contribution is 2.31. The summed E-state index contributed by atoms with van der Waals surface area (Å²) >= 11 is 0. The third-order valence-electron chi connectivity index (χ3n) is 4.47. The Labute approximate surface area is 163 Å². The number of aromatic nitrogens is 5. The minimum absolute atomic E-state index is 0.165. The van der Waals surface area contributed by atoms with Gasteiger partial charge >= 0.3 is 12.3 Å². The summed E-state index contributed by atoms with van der Waals surface area (Å²) in [6.07, 6.45) is -2.08. The zero-order valence-corrected chi connectivity index (χ0v) is 16.1. The number of fused-ring (bicyclic) bond motifs is 2. The molecule has 4 rings (SSSR count). The normalized spacial score (nSPS) is 14.9. The Morgan fingerprint density at radius 3 is 2.62 bits per heavy atom. The predicted molar refractivity (Wildman–Crippen MR) is 95.9 cm³/mol. The molecular weight excluding hydrogens is 389 g/mol. The van der Waals surface area contributed by atoms with Crippen LogP contribution in [0.5, 0.6) is 0 Å². The third kappa shape index (κ3) is 3.64. The highest BCUT2D eigenvalue weighted by atomic mass is 19.4. The lowest BCUT2D eigenvalue weighted by molar-refractivity contribution is -0.137. The van der Waals surface area contributed by atoms with Crippen LogP contribution in [0.2, 0.25) is 0 Å². The van der Waals surface area contributed by atoms with E-state index in [2.05, 4.69) is 15.2 Å². The maximum Gasteiger partial charge on any atom is 0.416 e. The van der Waals surface area contributed by atoms with Gasteiger partial charge in [0.05, 0.1) is 18.3 Å². The first-order valence-electron chi connectivity index (χ1n) is 8.97. The summed E-state index contributed by atoms with van der Waals surface area (Å²) in [6, 6.07) is 1.98. The van der Waals surface area contributed by atoms with E-state index in [9.17, 15) is 18.0 Å². The molecule has 0 saturated carbocycles. The molecule has 1 amide bonds. The van der Waals surface area contributed by atoms with Gasteiger partial charge < -0.3 is 9.30 Å². The maximum atomic E-state index is 12.9. The van der Waals surface area contributed by atoms with E-state index in [0.29, 0.717) is 30.4 Å². The molecule has 0 spiro atoms. The molecule has 0 bridgehead atoms. The molecule has 3 aromatic rings. The Hall–Kier alpha value is -3.11. The minimum atomic E-state index is -4.44. The Bertz CT molecular complexity index is 1080. The number of halogens is 3. The quantitative estimate of drug-likeness (QED) is 0.617. The topological polar surface area (TPSA) is 77.5 Å². The fourth-order valence-electron chi connectivity index (χ4n) is 3.15. The van der Waals surface area contributed by atoms with Gasteiger partial charge in [0.15, 0.2) is 11.6 Å². The van der Waals surface area contributed by atoms with Gasteiger partial charge in [0.25, 0.3) is 0 Å². The molecule has 0 fully saturated rings. The van der Waals surface area contributed by atoms with Crippen LogP contribution in [0, 0.1) is 0 Å². The number of ether oxygens (including phenoxy) is 1. The summed E-state index contributed by atoms with van der Waals surface area (Å²) in [4.78, 5) is 17.9. The lowest BCUT2D eigenvalue weighted by Crippen LogP contribution is -2.41. The molecular formula is C18H19F3N6O2. The summed E-state index contributed by atoms with van der Waals surface area (Å²) in [5, 5.41) is 8.33. The van der Waals surface area contributed by atoms with Gasteiger partial charge in [0.2, 0.25) is 0 Å². The van der Waals surface area contributed by atoms with Gasteiger partial charge in [-0.3, -0.25) is 9.30 Å². The first-order valence-corrected chi connectivity index (χ1v) is 8.97. The van der Waals surface area contributed by atoms with E-state index in [4.69, 9.17) is 4.74 Å². The number of imidazole rings is 1. The fourth-order valence-corrected chi connectivity index (χ4v) is 3.15. The second-order valence-electron chi connectivity index (χ2n) is 7.78. The van der Waals surface area contributed by atoms with E-state index in [1.54, 1.807) is 25.7 Å². The van der Waals surface area contributed by atoms with Crippen LogP contribution >= 0.6 is 0 Å². The summed E-state index contributed by atoms with van der Waals surface area (Å²) in [6.45, 7) is 6.46. The molecule has 0 aliphatic carbocycles. The van der Waals surface area contributed by atoms with Crippen molar-refractivity contribution in [3.8, 4) is 11.5 Å². The van der Waals surface area contributed by atoms with Gasteiger partial charge in [-0.1, -0.05) is 0 Å². The van der Waals surface area contributed by atoms with E-state index in [0.717, 1.165) is 12.1 Å². The second-order valence-corrected chi connectivity index (χ2v) is 7.78. The standard InChI is InChI=1S/C18H19F3N6O2/c1-17(2,3)29-16(28)25-6-7-27-14(10-25)23-24-15(27)12-9-22-13-8-11(18(19,20)21)4-5-26(12)13/h4-5,8-9H,6-7,10H2,1-3H3. The summed E-state index contributed by atoms with van der Waals surface area (Å²) < 4.78 is 47.5. The van der Waals surface area contributed by atoms with Crippen LogP contribution in [0.25, 0.3) is 17.2 Å². The zero-order chi connectivity index (χ0) is 21.0. The number of pyridine rings is 1. The number of nitrogens with zero attached hydrogens (tertiary/aromatic N) is 6. The Balaban J connectivity index is 1.62. The zero-order valence-electron chi connectivity index (χ0n) is 16.1. The molecule has 1 aliphatic heterocycles. The number of amides is 1. The van der Waals surface area contributed by atoms with E-state index in [1.165, 1.54) is 16.8 Å². The van der Waals surface area contributed by atoms with Crippen LogP contribution in [0.1, 0.15) is 32.2 Å². The number of hydrogen-bond acceptors (Lipinski definition) is 5. The molecule has 0 aromatic carbocycles.